The monoisotopic (exact) mass is 333 g/mol. The number of benzene rings is 1. The number of hydrogen-bond donors (Lipinski definition) is 1. The van der Waals surface area contributed by atoms with Crippen molar-refractivity contribution in [3.05, 3.63) is 30.3 Å². The molecule has 0 saturated heterocycles. The third-order valence-electron chi connectivity index (χ3n) is 4.14. The maximum Gasteiger partial charge on any atom is 0.253 e. The van der Waals surface area contributed by atoms with Crippen LogP contribution in [0.3, 0.4) is 0 Å². The molecular formula is C16H20FN5O2. The number of carbonyl (C=O) groups is 1. The van der Waals surface area contributed by atoms with E-state index in [0.29, 0.717) is 12.1 Å². The minimum atomic E-state index is -0.579. The Morgan fingerprint density at radius 1 is 1.46 bits per heavy atom. The fourth-order valence-electron chi connectivity index (χ4n) is 2.84. The molecule has 1 fully saturated rings. The normalized spacial score (nSPS) is 16.2. The number of halogens is 1. The molecule has 1 aliphatic carbocycles. The molecule has 8 heteroatoms. The maximum absolute atomic E-state index is 14.0. The van der Waals surface area contributed by atoms with E-state index >= 15 is 0 Å². The van der Waals surface area contributed by atoms with Crippen LogP contribution in [-0.2, 0) is 9.53 Å². The maximum atomic E-state index is 14.0. The molecule has 1 heterocycles. The SMILES string of the molecule is CC[C@H](OC1CCCC1)C(=O)Nc1cc(-n2cnnn2)ccc1F. The van der Waals surface area contributed by atoms with Crippen LogP contribution in [0.1, 0.15) is 39.0 Å². The largest absolute Gasteiger partial charge is 0.365 e. The van der Waals surface area contributed by atoms with Crippen molar-refractivity contribution in [2.75, 3.05) is 5.32 Å². The van der Waals surface area contributed by atoms with E-state index in [0.717, 1.165) is 25.7 Å². The molecule has 0 aliphatic heterocycles. The molecule has 1 saturated carbocycles. The molecule has 128 valence electrons. The zero-order chi connectivity index (χ0) is 16.9. The molecule has 24 heavy (non-hydrogen) atoms. The summed E-state index contributed by atoms with van der Waals surface area (Å²) in [6.45, 7) is 1.88. The van der Waals surface area contributed by atoms with Crippen LogP contribution < -0.4 is 5.32 Å². The summed E-state index contributed by atoms with van der Waals surface area (Å²) in [4.78, 5) is 12.4. The zero-order valence-corrected chi connectivity index (χ0v) is 13.5. The lowest BCUT2D eigenvalue weighted by Gasteiger charge is -2.20. The van der Waals surface area contributed by atoms with Crippen LogP contribution >= 0.6 is 0 Å². The van der Waals surface area contributed by atoms with Gasteiger partial charge in [0.1, 0.15) is 18.2 Å². The summed E-state index contributed by atoms with van der Waals surface area (Å²) in [5.41, 5.74) is 0.642. The first-order valence-electron chi connectivity index (χ1n) is 8.16. The van der Waals surface area contributed by atoms with Crippen molar-refractivity contribution in [2.45, 2.75) is 51.2 Å². The first-order valence-corrected chi connectivity index (χ1v) is 8.16. The first kappa shape index (κ1) is 16.5. The van der Waals surface area contributed by atoms with Crippen LogP contribution in [0, 0.1) is 5.82 Å². The van der Waals surface area contributed by atoms with E-state index in [1.165, 1.54) is 29.2 Å². The predicted molar refractivity (Wildman–Crippen MR) is 85.2 cm³/mol. The van der Waals surface area contributed by atoms with Gasteiger partial charge in [0.05, 0.1) is 17.5 Å². The van der Waals surface area contributed by atoms with Crippen molar-refractivity contribution in [1.82, 2.24) is 20.2 Å². The highest BCUT2D eigenvalue weighted by Crippen LogP contribution is 2.24. The average molecular weight is 333 g/mol. The number of hydrogen-bond acceptors (Lipinski definition) is 5. The quantitative estimate of drug-likeness (QED) is 0.878. The van der Waals surface area contributed by atoms with Gasteiger partial charge in [-0.1, -0.05) is 19.8 Å². The lowest BCUT2D eigenvalue weighted by atomic mass is 10.2. The molecule has 1 N–H and O–H groups in total. The van der Waals surface area contributed by atoms with E-state index in [1.807, 2.05) is 6.92 Å². The molecule has 0 radical (unpaired) electrons. The Morgan fingerprint density at radius 3 is 2.92 bits per heavy atom. The van der Waals surface area contributed by atoms with Gasteiger partial charge in [-0.25, -0.2) is 9.07 Å². The standard InChI is InChI=1S/C16H20FN5O2/c1-2-15(24-12-5-3-4-6-12)16(23)19-14-9-11(7-8-13(14)17)22-10-18-20-21-22/h7-10,12,15H,2-6H2,1H3,(H,19,23)/t15-/m0/s1. The average Bonchev–Trinajstić information content (AvgIpc) is 3.28. The fraction of sp³-hybridized carbons (Fsp3) is 0.500. The summed E-state index contributed by atoms with van der Waals surface area (Å²) in [5, 5.41) is 13.5. The summed E-state index contributed by atoms with van der Waals surface area (Å²) >= 11 is 0. The Morgan fingerprint density at radius 2 is 2.25 bits per heavy atom. The van der Waals surface area contributed by atoms with Crippen LogP contribution in [-0.4, -0.2) is 38.3 Å². The first-order chi connectivity index (χ1) is 11.7. The number of aromatic nitrogens is 4. The van der Waals surface area contributed by atoms with Gasteiger partial charge in [0.2, 0.25) is 0 Å². The third-order valence-corrected chi connectivity index (χ3v) is 4.14. The van der Waals surface area contributed by atoms with Gasteiger partial charge in [0, 0.05) is 0 Å². The molecule has 0 bridgehead atoms. The van der Waals surface area contributed by atoms with Crippen molar-refractivity contribution < 1.29 is 13.9 Å². The van der Waals surface area contributed by atoms with Gasteiger partial charge >= 0.3 is 0 Å². The third kappa shape index (κ3) is 3.76. The van der Waals surface area contributed by atoms with Gasteiger partial charge in [0.25, 0.3) is 5.91 Å². The highest BCUT2D eigenvalue weighted by molar-refractivity contribution is 5.94. The van der Waals surface area contributed by atoms with Crippen molar-refractivity contribution in [3.8, 4) is 5.69 Å². The highest BCUT2D eigenvalue weighted by atomic mass is 19.1. The Hall–Kier alpha value is -2.35. The number of nitrogens with zero attached hydrogens (tertiary/aromatic N) is 4. The van der Waals surface area contributed by atoms with Gasteiger partial charge < -0.3 is 10.1 Å². The van der Waals surface area contributed by atoms with E-state index in [2.05, 4.69) is 20.8 Å². The molecule has 3 rings (SSSR count). The van der Waals surface area contributed by atoms with E-state index < -0.39 is 11.9 Å². The zero-order valence-electron chi connectivity index (χ0n) is 13.5. The Bertz CT molecular complexity index is 686. The van der Waals surface area contributed by atoms with Crippen LogP contribution in [0.15, 0.2) is 24.5 Å². The molecule has 7 nitrogen and oxygen atoms in total. The lowest BCUT2D eigenvalue weighted by molar-refractivity contribution is -0.131. The van der Waals surface area contributed by atoms with E-state index in [1.54, 1.807) is 0 Å². The molecule has 1 amide bonds. The van der Waals surface area contributed by atoms with Gasteiger partial charge in [0.15, 0.2) is 0 Å². The minimum Gasteiger partial charge on any atom is -0.365 e. The van der Waals surface area contributed by atoms with Crippen molar-refractivity contribution in [2.24, 2.45) is 0 Å². The fourth-order valence-corrected chi connectivity index (χ4v) is 2.84. The molecule has 2 aromatic rings. The van der Waals surface area contributed by atoms with E-state index in [9.17, 15) is 9.18 Å². The second kappa shape index (κ2) is 7.48. The summed E-state index contributed by atoms with van der Waals surface area (Å²) in [6, 6.07) is 4.30. The Balaban J connectivity index is 1.71. The van der Waals surface area contributed by atoms with E-state index in [-0.39, 0.29) is 17.7 Å². The van der Waals surface area contributed by atoms with Gasteiger partial charge in [-0.05, 0) is 47.9 Å². The molecule has 1 aliphatic rings. The Kier molecular flexibility index (Phi) is 5.14. The van der Waals surface area contributed by atoms with Crippen molar-refractivity contribution >= 4 is 11.6 Å². The number of amides is 1. The smallest absolute Gasteiger partial charge is 0.253 e. The summed E-state index contributed by atoms with van der Waals surface area (Å²) < 4.78 is 21.3. The Labute approximate surface area is 139 Å². The minimum absolute atomic E-state index is 0.0847. The molecule has 1 aromatic heterocycles. The number of nitrogens with one attached hydrogen (secondary N) is 1. The molecule has 1 atom stereocenters. The highest BCUT2D eigenvalue weighted by Gasteiger charge is 2.25. The van der Waals surface area contributed by atoms with Crippen molar-refractivity contribution in [3.63, 3.8) is 0 Å². The molecule has 0 spiro atoms. The van der Waals surface area contributed by atoms with E-state index in [4.69, 9.17) is 4.74 Å². The van der Waals surface area contributed by atoms with Crippen molar-refractivity contribution in [1.29, 1.82) is 0 Å². The molecule has 0 unspecified atom stereocenters. The predicted octanol–water partition coefficient (Wildman–Crippen LogP) is 2.48. The summed E-state index contributed by atoms with van der Waals surface area (Å²) in [7, 11) is 0. The second-order valence-corrected chi connectivity index (χ2v) is 5.85. The number of rotatable bonds is 6. The second-order valence-electron chi connectivity index (χ2n) is 5.85. The van der Waals surface area contributed by atoms with Crippen LogP contribution in [0.5, 0.6) is 0 Å². The van der Waals surface area contributed by atoms with Gasteiger partial charge in [-0.15, -0.1) is 5.10 Å². The topological polar surface area (TPSA) is 81.9 Å². The van der Waals surface area contributed by atoms with Gasteiger partial charge in [-0.2, -0.15) is 0 Å². The molecular weight excluding hydrogens is 313 g/mol. The van der Waals surface area contributed by atoms with Crippen LogP contribution in [0.4, 0.5) is 10.1 Å². The number of ether oxygens (including phenoxy) is 1. The number of carbonyl (C=O) groups excluding carboxylic acids is 1. The number of anilines is 1. The van der Waals surface area contributed by atoms with Crippen LogP contribution in [0.2, 0.25) is 0 Å². The molecule has 1 aromatic carbocycles. The number of tetrazole rings is 1. The summed E-state index contributed by atoms with van der Waals surface area (Å²) in [6.07, 6.45) is 5.70. The van der Waals surface area contributed by atoms with Gasteiger partial charge in [-0.3, -0.25) is 4.79 Å². The van der Waals surface area contributed by atoms with Crippen LogP contribution in [0.25, 0.3) is 5.69 Å². The lowest BCUT2D eigenvalue weighted by Crippen LogP contribution is -2.33. The summed E-state index contributed by atoms with van der Waals surface area (Å²) in [5.74, 6) is -0.854.